The summed E-state index contributed by atoms with van der Waals surface area (Å²) in [6, 6.07) is 11.5. The molecule has 0 aliphatic carbocycles. The Morgan fingerprint density at radius 2 is 1.92 bits per heavy atom. The van der Waals surface area contributed by atoms with Crippen LogP contribution in [0.1, 0.15) is 17.5 Å². The van der Waals surface area contributed by atoms with Crippen LogP contribution in [0.5, 0.6) is 0 Å². The smallest absolute Gasteiger partial charge is 0.224 e. The van der Waals surface area contributed by atoms with Gasteiger partial charge in [0.1, 0.15) is 0 Å². The Morgan fingerprint density at radius 1 is 1.15 bits per heavy atom. The van der Waals surface area contributed by atoms with Crippen LogP contribution in [0, 0.1) is 6.92 Å². The molecule has 2 aromatic rings. The Labute approximate surface area is 164 Å². The summed E-state index contributed by atoms with van der Waals surface area (Å²) in [7, 11) is 0. The molecule has 26 heavy (non-hydrogen) atoms. The standard InChI is InChI=1S/C20H22Cl2N2O2/c1-14-12-17(24-8-10-26-11-9-24)5-6-19(14)23-20(25)7-3-15-2-4-16(21)13-18(15)22/h2,4-6,12-13H,3,7-11H2,1H3,(H,23,25). The Morgan fingerprint density at radius 3 is 2.62 bits per heavy atom. The second kappa shape index (κ2) is 8.76. The molecule has 1 saturated heterocycles. The summed E-state index contributed by atoms with van der Waals surface area (Å²) in [5, 5.41) is 4.18. The predicted molar refractivity (Wildman–Crippen MR) is 108 cm³/mol. The van der Waals surface area contributed by atoms with Gasteiger partial charge in [0.05, 0.1) is 13.2 Å². The van der Waals surface area contributed by atoms with E-state index in [4.69, 9.17) is 27.9 Å². The van der Waals surface area contributed by atoms with E-state index in [1.54, 1.807) is 12.1 Å². The first-order valence-electron chi connectivity index (χ1n) is 8.70. The lowest BCUT2D eigenvalue weighted by Gasteiger charge is -2.29. The fourth-order valence-corrected chi connectivity index (χ4v) is 3.49. The molecule has 4 nitrogen and oxygen atoms in total. The van der Waals surface area contributed by atoms with Gasteiger partial charge >= 0.3 is 0 Å². The number of ether oxygens (including phenoxy) is 1. The number of halogens is 2. The quantitative estimate of drug-likeness (QED) is 0.800. The number of carbonyl (C=O) groups is 1. The molecule has 1 aliphatic rings. The molecule has 3 rings (SSSR count). The molecule has 1 aliphatic heterocycles. The second-order valence-corrected chi connectivity index (χ2v) is 7.23. The highest BCUT2D eigenvalue weighted by Gasteiger charge is 2.13. The van der Waals surface area contributed by atoms with Gasteiger partial charge in [0.15, 0.2) is 0 Å². The van der Waals surface area contributed by atoms with E-state index >= 15 is 0 Å². The molecule has 1 amide bonds. The lowest BCUT2D eigenvalue weighted by Crippen LogP contribution is -2.36. The first-order valence-corrected chi connectivity index (χ1v) is 9.45. The zero-order valence-electron chi connectivity index (χ0n) is 14.7. The van der Waals surface area contributed by atoms with E-state index < -0.39 is 0 Å². The van der Waals surface area contributed by atoms with Crippen molar-refractivity contribution in [1.82, 2.24) is 0 Å². The monoisotopic (exact) mass is 392 g/mol. The molecule has 2 aromatic carbocycles. The van der Waals surface area contributed by atoms with Gasteiger partial charge in [0.25, 0.3) is 0 Å². The number of anilines is 2. The number of aryl methyl sites for hydroxylation is 2. The van der Waals surface area contributed by atoms with Crippen LogP contribution in [-0.2, 0) is 16.0 Å². The lowest BCUT2D eigenvalue weighted by molar-refractivity contribution is -0.116. The number of morpholine rings is 1. The lowest BCUT2D eigenvalue weighted by atomic mass is 10.1. The number of carbonyl (C=O) groups excluding carboxylic acids is 1. The van der Waals surface area contributed by atoms with Gasteiger partial charge in [-0.1, -0.05) is 29.3 Å². The number of nitrogens with zero attached hydrogens (tertiary/aromatic N) is 1. The minimum absolute atomic E-state index is 0.0294. The number of amides is 1. The fourth-order valence-electron chi connectivity index (χ4n) is 2.99. The Bertz CT molecular complexity index is 789. The number of benzene rings is 2. The first kappa shape index (κ1) is 19.0. The van der Waals surface area contributed by atoms with Gasteiger partial charge < -0.3 is 15.0 Å². The summed E-state index contributed by atoms with van der Waals surface area (Å²) in [5.74, 6) is -0.0294. The second-order valence-electron chi connectivity index (χ2n) is 6.38. The molecular weight excluding hydrogens is 371 g/mol. The molecule has 0 saturated carbocycles. The summed E-state index contributed by atoms with van der Waals surface area (Å²) in [6.45, 7) is 5.31. The molecular formula is C20H22Cl2N2O2. The highest BCUT2D eigenvalue weighted by atomic mass is 35.5. The third-order valence-electron chi connectivity index (χ3n) is 4.50. The van der Waals surface area contributed by atoms with Gasteiger partial charge in [-0.3, -0.25) is 4.79 Å². The maximum atomic E-state index is 12.3. The molecule has 0 spiro atoms. The van der Waals surface area contributed by atoms with E-state index in [9.17, 15) is 4.79 Å². The van der Waals surface area contributed by atoms with E-state index in [1.807, 2.05) is 25.1 Å². The van der Waals surface area contributed by atoms with Gasteiger partial charge in [-0.15, -0.1) is 0 Å². The molecule has 1 heterocycles. The van der Waals surface area contributed by atoms with Crippen LogP contribution in [-0.4, -0.2) is 32.2 Å². The molecule has 0 unspecified atom stereocenters. The average molecular weight is 393 g/mol. The van der Waals surface area contributed by atoms with Crippen LogP contribution in [0.15, 0.2) is 36.4 Å². The van der Waals surface area contributed by atoms with E-state index in [1.165, 1.54) is 0 Å². The SMILES string of the molecule is Cc1cc(N2CCOCC2)ccc1NC(=O)CCc1ccc(Cl)cc1Cl. The third-order valence-corrected chi connectivity index (χ3v) is 5.08. The summed E-state index contributed by atoms with van der Waals surface area (Å²) in [4.78, 5) is 14.6. The van der Waals surface area contributed by atoms with Crippen molar-refractivity contribution in [3.63, 3.8) is 0 Å². The fraction of sp³-hybridized carbons (Fsp3) is 0.350. The van der Waals surface area contributed by atoms with Crippen molar-refractivity contribution in [1.29, 1.82) is 0 Å². The summed E-state index contributed by atoms with van der Waals surface area (Å²) in [6.07, 6.45) is 0.943. The maximum Gasteiger partial charge on any atom is 0.224 e. The van der Waals surface area contributed by atoms with Gasteiger partial charge in [-0.2, -0.15) is 0 Å². The largest absolute Gasteiger partial charge is 0.378 e. The third kappa shape index (κ3) is 4.91. The summed E-state index contributed by atoms with van der Waals surface area (Å²) < 4.78 is 5.39. The number of nitrogens with one attached hydrogen (secondary N) is 1. The van der Waals surface area contributed by atoms with Crippen LogP contribution < -0.4 is 10.2 Å². The molecule has 0 aromatic heterocycles. The normalized spacial score (nSPS) is 14.3. The van der Waals surface area contributed by atoms with E-state index in [-0.39, 0.29) is 5.91 Å². The average Bonchev–Trinajstić information content (AvgIpc) is 2.63. The van der Waals surface area contributed by atoms with E-state index in [0.29, 0.717) is 22.9 Å². The number of rotatable bonds is 5. The van der Waals surface area contributed by atoms with E-state index in [0.717, 1.165) is 48.8 Å². The molecule has 6 heteroatoms. The van der Waals surface area contributed by atoms with Gasteiger partial charge in [-0.25, -0.2) is 0 Å². The number of hydrogen-bond donors (Lipinski definition) is 1. The zero-order valence-corrected chi connectivity index (χ0v) is 16.2. The number of hydrogen-bond acceptors (Lipinski definition) is 3. The summed E-state index contributed by atoms with van der Waals surface area (Å²) in [5.41, 5.74) is 3.98. The van der Waals surface area contributed by atoms with Crippen molar-refractivity contribution >= 4 is 40.5 Å². The van der Waals surface area contributed by atoms with Crippen LogP contribution in [0.3, 0.4) is 0 Å². The van der Waals surface area contributed by atoms with Crippen LogP contribution in [0.2, 0.25) is 10.0 Å². The molecule has 0 atom stereocenters. The topological polar surface area (TPSA) is 41.6 Å². The van der Waals surface area contributed by atoms with Crippen molar-refractivity contribution in [3.05, 3.63) is 57.6 Å². The van der Waals surface area contributed by atoms with Crippen LogP contribution in [0.4, 0.5) is 11.4 Å². The minimum atomic E-state index is -0.0294. The van der Waals surface area contributed by atoms with Crippen LogP contribution in [0.25, 0.3) is 0 Å². The molecule has 138 valence electrons. The van der Waals surface area contributed by atoms with Crippen LogP contribution >= 0.6 is 23.2 Å². The summed E-state index contributed by atoms with van der Waals surface area (Å²) >= 11 is 12.1. The Hall–Kier alpha value is -1.75. The van der Waals surface area contributed by atoms with Crippen molar-refractivity contribution in [3.8, 4) is 0 Å². The van der Waals surface area contributed by atoms with Crippen molar-refractivity contribution in [2.45, 2.75) is 19.8 Å². The predicted octanol–water partition coefficient (Wildman–Crippen LogP) is 4.71. The molecule has 0 bridgehead atoms. The van der Waals surface area contributed by atoms with E-state index in [2.05, 4.69) is 16.3 Å². The minimum Gasteiger partial charge on any atom is -0.378 e. The maximum absolute atomic E-state index is 12.3. The van der Waals surface area contributed by atoms with Gasteiger partial charge in [0.2, 0.25) is 5.91 Å². The van der Waals surface area contributed by atoms with Crippen molar-refractivity contribution < 1.29 is 9.53 Å². The van der Waals surface area contributed by atoms with Gasteiger partial charge in [-0.05, 0) is 54.8 Å². The Kier molecular flexibility index (Phi) is 6.41. The highest BCUT2D eigenvalue weighted by molar-refractivity contribution is 6.35. The first-order chi connectivity index (χ1) is 12.5. The zero-order chi connectivity index (χ0) is 18.5. The van der Waals surface area contributed by atoms with Crippen molar-refractivity contribution in [2.75, 3.05) is 36.5 Å². The van der Waals surface area contributed by atoms with Crippen molar-refractivity contribution in [2.24, 2.45) is 0 Å². The molecule has 1 N–H and O–H groups in total. The highest BCUT2D eigenvalue weighted by Crippen LogP contribution is 2.25. The Balaban J connectivity index is 1.58. The molecule has 0 radical (unpaired) electrons. The van der Waals surface area contributed by atoms with Gasteiger partial charge in [0, 0.05) is 40.9 Å². The molecule has 1 fully saturated rings.